The summed E-state index contributed by atoms with van der Waals surface area (Å²) in [5.41, 5.74) is 2.29. The van der Waals surface area contributed by atoms with Crippen LogP contribution in [-0.4, -0.2) is 20.3 Å². The van der Waals surface area contributed by atoms with Crippen LogP contribution < -0.4 is 10.9 Å². The zero-order valence-corrected chi connectivity index (χ0v) is 16.7. The van der Waals surface area contributed by atoms with Crippen molar-refractivity contribution in [2.24, 2.45) is 0 Å². The van der Waals surface area contributed by atoms with E-state index >= 15 is 0 Å². The number of benzene rings is 2. The Balaban J connectivity index is 1.53. The fourth-order valence-electron chi connectivity index (χ4n) is 3.83. The van der Waals surface area contributed by atoms with Gasteiger partial charge in [-0.25, -0.2) is 4.68 Å². The summed E-state index contributed by atoms with van der Waals surface area (Å²) in [6.45, 7) is 0.647. The normalized spacial score (nSPS) is 11.2. The van der Waals surface area contributed by atoms with Crippen molar-refractivity contribution < 1.29 is 9.21 Å². The van der Waals surface area contributed by atoms with Crippen LogP contribution in [0.3, 0.4) is 0 Å². The first-order valence-corrected chi connectivity index (χ1v) is 10.0. The standard InChI is InChI=1S/C24H20N4O3/c29-22(25-13-18-9-6-12-31-18)16-28-24(30)23-20(14-26-28)19-10-4-5-11-21(19)27(23)15-17-7-2-1-3-8-17/h1-12,14H,13,15-16H2,(H,25,29). The van der Waals surface area contributed by atoms with Crippen molar-refractivity contribution in [1.82, 2.24) is 19.7 Å². The maximum atomic E-state index is 13.4. The van der Waals surface area contributed by atoms with Gasteiger partial charge in [-0.05, 0) is 23.8 Å². The molecule has 0 spiro atoms. The van der Waals surface area contributed by atoms with Gasteiger partial charge in [0.15, 0.2) is 0 Å². The van der Waals surface area contributed by atoms with E-state index in [-0.39, 0.29) is 24.6 Å². The molecule has 0 atom stereocenters. The summed E-state index contributed by atoms with van der Waals surface area (Å²) >= 11 is 0. The Hall–Kier alpha value is -4.13. The van der Waals surface area contributed by atoms with E-state index in [0.717, 1.165) is 21.9 Å². The monoisotopic (exact) mass is 412 g/mol. The SMILES string of the molecule is O=C(Cn1ncc2c3ccccc3n(Cc3ccccc3)c2c1=O)NCc1ccco1. The van der Waals surface area contributed by atoms with Crippen molar-refractivity contribution in [3.8, 4) is 0 Å². The molecule has 0 aliphatic carbocycles. The molecule has 154 valence electrons. The number of carbonyl (C=O) groups is 1. The lowest BCUT2D eigenvalue weighted by Crippen LogP contribution is -2.33. The molecule has 0 radical (unpaired) electrons. The highest BCUT2D eigenvalue weighted by Gasteiger charge is 2.17. The third-order valence-electron chi connectivity index (χ3n) is 5.29. The van der Waals surface area contributed by atoms with Gasteiger partial charge in [0.1, 0.15) is 17.8 Å². The Kier molecular flexibility index (Phi) is 4.84. The number of amides is 1. The minimum absolute atomic E-state index is 0.164. The van der Waals surface area contributed by atoms with Crippen LogP contribution >= 0.6 is 0 Å². The van der Waals surface area contributed by atoms with Gasteiger partial charge in [-0.15, -0.1) is 0 Å². The van der Waals surface area contributed by atoms with Gasteiger partial charge >= 0.3 is 0 Å². The van der Waals surface area contributed by atoms with Gasteiger partial charge in [-0.3, -0.25) is 9.59 Å². The number of carbonyl (C=O) groups excluding carboxylic acids is 1. The van der Waals surface area contributed by atoms with Crippen LogP contribution in [0.15, 0.2) is 88.4 Å². The molecule has 3 aromatic heterocycles. The zero-order valence-electron chi connectivity index (χ0n) is 16.7. The quantitative estimate of drug-likeness (QED) is 0.464. The number of nitrogens with one attached hydrogen (secondary N) is 1. The summed E-state index contributed by atoms with van der Waals surface area (Å²) in [6.07, 6.45) is 3.22. The molecule has 0 aliphatic rings. The molecule has 0 saturated heterocycles. The Morgan fingerprint density at radius 2 is 1.77 bits per heavy atom. The minimum atomic E-state index is -0.309. The number of hydrogen-bond acceptors (Lipinski definition) is 4. The van der Waals surface area contributed by atoms with E-state index in [4.69, 9.17) is 4.42 Å². The van der Waals surface area contributed by atoms with E-state index in [1.54, 1.807) is 24.6 Å². The largest absolute Gasteiger partial charge is 0.467 e. The molecule has 2 aromatic carbocycles. The Morgan fingerprint density at radius 3 is 2.58 bits per heavy atom. The van der Waals surface area contributed by atoms with Crippen LogP contribution in [0, 0.1) is 0 Å². The van der Waals surface area contributed by atoms with Crippen LogP contribution in [0.25, 0.3) is 21.8 Å². The first-order valence-electron chi connectivity index (χ1n) is 10.0. The molecule has 0 unspecified atom stereocenters. The van der Waals surface area contributed by atoms with Crippen molar-refractivity contribution >= 4 is 27.7 Å². The van der Waals surface area contributed by atoms with Gasteiger partial charge in [-0.2, -0.15) is 5.10 Å². The second-order valence-electron chi connectivity index (χ2n) is 7.31. The van der Waals surface area contributed by atoms with Gasteiger partial charge in [0, 0.05) is 22.8 Å². The van der Waals surface area contributed by atoms with Gasteiger partial charge in [0.25, 0.3) is 5.56 Å². The number of hydrogen-bond donors (Lipinski definition) is 1. The van der Waals surface area contributed by atoms with Crippen LogP contribution in [0.2, 0.25) is 0 Å². The first kappa shape index (κ1) is 18.9. The number of para-hydroxylation sites is 1. The molecule has 0 fully saturated rings. The van der Waals surface area contributed by atoms with Crippen LogP contribution in [0.5, 0.6) is 0 Å². The van der Waals surface area contributed by atoms with Gasteiger partial charge in [-0.1, -0.05) is 48.5 Å². The Labute approximate surface area is 177 Å². The lowest BCUT2D eigenvalue weighted by molar-refractivity contribution is -0.122. The topological polar surface area (TPSA) is 82.1 Å². The molecule has 5 rings (SSSR count). The summed E-state index contributed by atoms with van der Waals surface area (Å²) in [6, 6.07) is 21.4. The molecule has 0 bridgehead atoms. The second kappa shape index (κ2) is 7.95. The first-order chi connectivity index (χ1) is 15.2. The molecule has 31 heavy (non-hydrogen) atoms. The fraction of sp³-hybridized carbons (Fsp3) is 0.125. The molecule has 1 N–H and O–H groups in total. The molecule has 3 heterocycles. The highest BCUT2D eigenvalue weighted by atomic mass is 16.3. The summed E-state index contributed by atoms with van der Waals surface area (Å²) in [5.74, 6) is 0.336. The maximum absolute atomic E-state index is 13.4. The minimum Gasteiger partial charge on any atom is -0.467 e. The van der Waals surface area contributed by atoms with E-state index in [1.165, 1.54) is 4.68 Å². The summed E-state index contributed by atoms with van der Waals surface area (Å²) in [4.78, 5) is 25.7. The molecular formula is C24H20N4O3. The van der Waals surface area contributed by atoms with E-state index in [2.05, 4.69) is 10.4 Å². The van der Waals surface area contributed by atoms with Gasteiger partial charge in [0.05, 0.1) is 19.0 Å². The molecule has 7 heteroatoms. The average molecular weight is 412 g/mol. The third-order valence-corrected chi connectivity index (χ3v) is 5.29. The van der Waals surface area contributed by atoms with Crippen molar-refractivity contribution in [3.05, 3.63) is 101 Å². The number of aromatic nitrogens is 3. The van der Waals surface area contributed by atoms with E-state index < -0.39 is 0 Å². The third kappa shape index (κ3) is 3.61. The van der Waals surface area contributed by atoms with E-state index in [9.17, 15) is 9.59 Å². The highest BCUT2D eigenvalue weighted by molar-refractivity contribution is 6.07. The van der Waals surface area contributed by atoms with E-state index in [0.29, 0.717) is 17.8 Å². The highest BCUT2D eigenvalue weighted by Crippen LogP contribution is 2.27. The van der Waals surface area contributed by atoms with Crippen molar-refractivity contribution in [2.75, 3.05) is 0 Å². The number of rotatable bonds is 6. The summed E-state index contributed by atoms with van der Waals surface area (Å²) in [5, 5.41) is 8.77. The molecule has 7 nitrogen and oxygen atoms in total. The van der Waals surface area contributed by atoms with Crippen LogP contribution in [0.1, 0.15) is 11.3 Å². The van der Waals surface area contributed by atoms with Crippen molar-refractivity contribution in [2.45, 2.75) is 19.6 Å². The second-order valence-corrected chi connectivity index (χ2v) is 7.31. The number of nitrogens with zero attached hydrogens (tertiary/aromatic N) is 3. The average Bonchev–Trinajstić information content (AvgIpc) is 3.42. The van der Waals surface area contributed by atoms with Gasteiger partial charge < -0.3 is 14.3 Å². The van der Waals surface area contributed by atoms with Crippen molar-refractivity contribution in [3.63, 3.8) is 0 Å². The number of furan rings is 1. The Bertz CT molecular complexity index is 1420. The van der Waals surface area contributed by atoms with Crippen molar-refractivity contribution in [1.29, 1.82) is 0 Å². The molecule has 0 saturated carbocycles. The maximum Gasteiger partial charge on any atom is 0.291 e. The Morgan fingerprint density at radius 1 is 0.968 bits per heavy atom. The molecule has 5 aromatic rings. The predicted octanol–water partition coefficient (Wildman–Crippen LogP) is 3.31. The van der Waals surface area contributed by atoms with Crippen LogP contribution in [-0.2, 0) is 24.4 Å². The fourth-order valence-corrected chi connectivity index (χ4v) is 3.83. The summed E-state index contributed by atoms with van der Waals surface area (Å²) < 4.78 is 8.43. The zero-order chi connectivity index (χ0) is 21.2. The summed E-state index contributed by atoms with van der Waals surface area (Å²) in [7, 11) is 0. The molecule has 1 amide bonds. The van der Waals surface area contributed by atoms with E-state index in [1.807, 2.05) is 59.2 Å². The lowest BCUT2D eigenvalue weighted by Gasteiger charge is -2.09. The van der Waals surface area contributed by atoms with Crippen LogP contribution in [0.4, 0.5) is 0 Å². The smallest absolute Gasteiger partial charge is 0.291 e. The molecular weight excluding hydrogens is 392 g/mol. The van der Waals surface area contributed by atoms with Gasteiger partial charge in [0.2, 0.25) is 5.91 Å². The number of fused-ring (bicyclic) bond motifs is 3. The lowest BCUT2D eigenvalue weighted by atomic mass is 10.2. The predicted molar refractivity (Wildman–Crippen MR) is 118 cm³/mol. The molecule has 0 aliphatic heterocycles.